The monoisotopic (exact) mass is 519 g/mol. The van der Waals surface area contributed by atoms with E-state index in [0.29, 0.717) is 39.8 Å². The first-order valence-corrected chi connectivity index (χ1v) is 13.7. The van der Waals surface area contributed by atoms with Gasteiger partial charge in [-0.25, -0.2) is 14.4 Å². The van der Waals surface area contributed by atoms with Crippen LogP contribution in [0.3, 0.4) is 0 Å². The number of hydrogen-bond donors (Lipinski definition) is 0. The number of halogens is 2. The molecule has 3 aromatic heterocycles. The van der Waals surface area contributed by atoms with Crippen LogP contribution in [0.1, 0.15) is 55.3 Å². The molecule has 3 aliphatic rings. The minimum Gasteiger partial charge on any atom is -0.356 e. The van der Waals surface area contributed by atoms with Crippen molar-refractivity contribution in [2.24, 2.45) is 5.92 Å². The van der Waals surface area contributed by atoms with Crippen molar-refractivity contribution in [3.63, 3.8) is 0 Å². The molecular weight excluding hydrogens is 489 g/mol. The molecule has 1 saturated heterocycles. The molecule has 37 heavy (non-hydrogen) atoms. The van der Waals surface area contributed by atoms with Crippen LogP contribution in [0.4, 0.5) is 10.2 Å². The van der Waals surface area contributed by atoms with E-state index in [1.807, 2.05) is 30.7 Å². The third-order valence-corrected chi connectivity index (χ3v) is 7.93. The third kappa shape index (κ3) is 4.67. The maximum Gasteiger partial charge on any atom is 0.175 e. The first-order chi connectivity index (χ1) is 18.0. The van der Waals surface area contributed by atoms with Gasteiger partial charge in [0.2, 0.25) is 0 Å². The lowest BCUT2D eigenvalue weighted by atomic mass is 9.93. The summed E-state index contributed by atoms with van der Waals surface area (Å²) in [7, 11) is 0. The van der Waals surface area contributed by atoms with Crippen molar-refractivity contribution in [1.29, 1.82) is 0 Å². The van der Waals surface area contributed by atoms with Gasteiger partial charge >= 0.3 is 0 Å². The van der Waals surface area contributed by atoms with E-state index < -0.39 is 5.82 Å². The molecule has 7 rings (SSSR count). The second-order valence-corrected chi connectivity index (χ2v) is 10.8. The Balaban J connectivity index is 1.54. The summed E-state index contributed by atoms with van der Waals surface area (Å²) in [6.07, 6.45) is 10.0. The van der Waals surface area contributed by atoms with Gasteiger partial charge in [-0.2, -0.15) is 0 Å². The van der Waals surface area contributed by atoms with Gasteiger partial charge in [0.25, 0.3) is 0 Å². The Morgan fingerprint density at radius 1 is 1.14 bits per heavy atom. The van der Waals surface area contributed by atoms with Crippen molar-refractivity contribution in [2.45, 2.75) is 65.3 Å². The predicted octanol–water partition coefficient (Wildman–Crippen LogP) is 5.74. The molecule has 1 unspecified atom stereocenters. The Hall–Kier alpha value is -3.13. The van der Waals surface area contributed by atoms with Crippen molar-refractivity contribution in [2.75, 3.05) is 18.0 Å². The summed E-state index contributed by atoms with van der Waals surface area (Å²) in [6.45, 7) is 6.48. The minimum absolute atomic E-state index is 0.304. The standard InChI is InChI=1S/C28H31ClFN7/c1-3-24-32-27-22-14-31-26(25(27)30)21-11-17(2)12-23(29)20(21)8-4-5-10-37-16-19(34-35-37)13-18-7-6-9-36(15-18)28(22)33-24/h11-12,14,16,18H,3-10,13,15H2,1-2H3. The molecule has 7 nitrogen and oxygen atoms in total. The molecule has 1 fully saturated rings. The van der Waals surface area contributed by atoms with Gasteiger partial charge in [-0.3, -0.25) is 9.67 Å². The van der Waals surface area contributed by atoms with E-state index in [9.17, 15) is 0 Å². The summed E-state index contributed by atoms with van der Waals surface area (Å²) in [4.78, 5) is 16.5. The molecule has 4 aromatic rings. The van der Waals surface area contributed by atoms with E-state index in [4.69, 9.17) is 16.6 Å². The van der Waals surface area contributed by atoms with E-state index in [1.165, 1.54) is 0 Å². The van der Waals surface area contributed by atoms with Gasteiger partial charge < -0.3 is 4.90 Å². The van der Waals surface area contributed by atoms with Crippen LogP contribution in [-0.2, 0) is 25.8 Å². The number of piperidine rings is 1. The van der Waals surface area contributed by atoms with Crippen molar-refractivity contribution in [3.8, 4) is 11.3 Å². The summed E-state index contributed by atoms with van der Waals surface area (Å²) in [5, 5.41) is 10.1. The molecule has 6 heterocycles. The number of benzene rings is 1. The SMILES string of the molecule is CCc1nc2c3cnc(c(F)c3n1)-c1cc(C)cc(Cl)c1CCCCn1cc(nn1)CC1CCCN2C1. The van der Waals surface area contributed by atoms with E-state index in [1.54, 1.807) is 6.20 Å². The normalized spacial score (nSPS) is 18.2. The van der Waals surface area contributed by atoms with Gasteiger partial charge in [0.15, 0.2) is 5.82 Å². The maximum atomic E-state index is 16.3. The van der Waals surface area contributed by atoms with Crippen LogP contribution < -0.4 is 4.90 Å². The predicted molar refractivity (Wildman–Crippen MR) is 143 cm³/mol. The molecule has 192 valence electrons. The van der Waals surface area contributed by atoms with E-state index in [0.717, 1.165) is 86.4 Å². The van der Waals surface area contributed by atoms with Gasteiger partial charge in [0.1, 0.15) is 22.9 Å². The molecule has 0 radical (unpaired) electrons. The van der Waals surface area contributed by atoms with Crippen molar-refractivity contribution in [1.82, 2.24) is 29.9 Å². The topological polar surface area (TPSA) is 72.6 Å². The maximum absolute atomic E-state index is 16.3. The fourth-order valence-corrected chi connectivity index (χ4v) is 6.12. The van der Waals surface area contributed by atoms with Crippen LogP contribution in [0.25, 0.3) is 22.2 Å². The Labute approximate surface area is 221 Å². The Bertz CT molecular complexity index is 1470. The summed E-state index contributed by atoms with van der Waals surface area (Å²) in [6, 6.07) is 3.93. The fraction of sp³-hybridized carbons (Fsp3) is 0.464. The van der Waals surface area contributed by atoms with Crippen molar-refractivity contribution >= 4 is 28.3 Å². The minimum atomic E-state index is -0.402. The summed E-state index contributed by atoms with van der Waals surface area (Å²) in [5.41, 5.74) is 4.29. The number of aromatic nitrogens is 6. The van der Waals surface area contributed by atoms with Gasteiger partial charge in [0.05, 0.1) is 11.1 Å². The zero-order valence-corrected chi connectivity index (χ0v) is 22.1. The second-order valence-electron chi connectivity index (χ2n) is 10.4. The lowest BCUT2D eigenvalue weighted by Gasteiger charge is -2.34. The summed E-state index contributed by atoms with van der Waals surface area (Å²) >= 11 is 6.72. The van der Waals surface area contributed by atoms with E-state index >= 15 is 4.39 Å². The van der Waals surface area contributed by atoms with Crippen LogP contribution in [0, 0.1) is 18.7 Å². The highest BCUT2D eigenvalue weighted by molar-refractivity contribution is 6.31. The van der Waals surface area contributed by atoms with Gasteiger partial charge in [-0.05, 0) is 74.6 Å². The number of pyridine rings is 1. The molecule has 0 N–H and O–H groups in total. The quantitative estimate of drug-likeness (QED) is 0.319. The molecule has 8 bridgehead atoms. The number of nitrogens with zero attached hydrogens (tertiary/aromatic N) is 7. The molecule has 9 heteroatoms. The second kappa shape index (κ2) is 9.97. The first kappa shape index (κ1) is 24.2. The largest absolute Gasteiger partial charge is 0.356 e. The Morgan fingerprint density at radius 2 is 2.03 bits per heavy atom. The molecule has 0 spiro atoms. The van der Waals surface area contributed by atoms with Gasteiger partial charge in [-0.15, -0.1) is 5.10 Å². The Morgan fingerprint density at radius 3 is 2.89 bits per heavy atom. The van der Waals surface area contributed by atoms with Crippen LogP contribution >= 0.6 is 11.6 Å². The molecule has 0 amide bonds. The average molecular weight is 520 g/mol. The molecule has 0 saturated carbocycles. The average Bonchev–Trinajstić information content (AvgIpc) is 3.33. The van der Waals surface area contributed by atoms with Gasteiger partial charge in [-0.1, -0.05) is 23.7 Å². The summed E-state index contributed by atoms with van der Waals surface area (Å²) in [5.74, 6) is 1.44. The number of rotatable bonds is 1. The smallest absolute Gasteiger partial charge is 0.175 e. The van der Waals surface area contributed by atoms with Crippen LogP contribution in [0.5, 0.6) is 0 Å². The van der Waals surface area contributed by atoms with Crippen LogP contribution in [0.15, 0.2) is 24.5 Å². The Kier molecular flexibility index (Phi) is 6.53. The van der Waals surface area contributed by atoms with E-state index in [2.05, 4.69) is 31.4 Å². The summed E-state index contributed by atoms with van der Waals surface area (Å²) < 4.78 is 18.3. The zero-order chi connectivity index (χ0) is 25.5. The van der Waals surface area contributed by atoms with E-state index in [-0.39, 0.29) is 0 Å². The lowest BCUT2D eigenvalue weighted by Crippen LogP contribution is -2.37. The lowest BCUT2D eigenvalue weighted by molar-refractivity contribution is 0.408. The molecule has 0 aliphatic carbocycles. The highest BCUT2D eigenvalue weighted by Crippen LogP contribution is 2.37. The number of aryl methyl sites for hydroxylation is 3. The fourth-order valence-electron chi connectivity index (χ4n) is 5.75. The number of anilines is 1. The molecule has 1 atom stereocenters. The van der Waals surface area contributed by atoms with Crippen LogP contribution in [0.2, 0.25) is 5.02 Å². The molecular formula is C28H31ClFN7. The number of fused-ring (bicyclic) bond motifs is 4. The third-order valence-electron chi connectivity index (χ3n) is 7.59. The molecule has 3 aliphatic heterocycles. The van der Waals surface area contributed by atoms with Crippen molar-refractivity contribution < 1.29 is 4.39 Å². The zero-order valence-electron chi connectivity index (χ0n) is 21.3. The molecule has 1 aromatic carbocycles. The number of hydrogen-bond acceptors (Lipinski definition) is 6. The first-order valence-electron chi connectivity index (χ1n) is 13.3. The van der Waals surface area contributed by atoms with Crippen molar-refractivity contribution in [3.05, 3.63) is 58.0 Å². The van der Waals surface area contributed by atoms with Gasteiger partial charge in [0, 0.05) is 49.0 Å². The highest BCUT2D eigenvalue weighted by Gasteiger charge is 2.26. The van der Waals surface area contributed by atoms with Crippen LogP contribution in [-0.4, -0.2) is 43.0 Å². The highest BCUT2D eigenvalue weighted by atomic mass is 35.5.